The molecule has 1 N–H and O–H groups in total. The fourth-order valence-corrected chi connectivity index (χ4v) is 3.11. The summed E-state index contributed by atoms with van der Waals surface area (Å²) in [7, 11) is 2.13. The van der Waals surface area contributed by atoms with Gasteiger partial charge in [-0.25, -0.2) is 0 Å². The van der Waals surface area contributed by atoms with Crippen LogP contribution in [0.1, 0.15) is 24.1 Å². The van der Waals surface area contributed by atoms with Gasteiger partial charge in [0.25, 0.3) is 0 Å². The SMILES string of the molecule is Cc1ccc(O)c(C(C)N2CCN(C)c3ccccc32)c1. The first-order valence-electron chi connectivity index (χ1n) is 7.44. The Bertz CT molecular complexity index is 653. The first-order chi connectivity index (χ1) is 10.1. The van der Waals surface area contributed by atoms with E-state index in [4.69, 9.17) is 0 Å². The zero-order valence-electron chi connectivity index (χ0n) is 12.9. The lowest BCUT2D eigenvalue weighted by Crippen LogP contribution is -2.40. The van der Waals surface area contributed by atoms with E-state index in [2.05, 4.69) is 61.0 Å². The number of phenolic OH excluding ortho intramolecular Hbond substituents is 1. The van der Waals surface area contributed by atoms with Crippen molar-refractivity contribution in [1.29, 1.82) is 0 Å². The molecule has 0 amide bonds. The summed E-state index contributed by atoms with van der Waals surface area (Å²) in [6.07, 6.45) is 0. The van der Waals surface area contributed by atoms with E-state index in [9.17, 15) is 5.11 Å². The molecule has 0 spiro atoms. The van der Waals surface area contributed by atoms with Crippen molar-refractivity contribution in [2.45, 2.75) is 19.9 Å². The number of aryl methyl sites for hydroxylation is 1. The van der Waals surface area contributed by atoms with Gasteiger partial charge in [0.2, 0.25) is 0 Å². The van der Waals surface area contributed by atoms with Crippen molar-refractivity contribution >= 4 is 11.4 Å². The molecule has 0 radical (unpaired) electrons. The summed E-state index contributed by atoms with van der Waals surface area (Å²) in [4.78, 5) is 4.67. The van der Waals surface area contributed by atoms with Crippen LogP contribution < -0.4 is 9.80 Å². The molecule has 1 aliphatic rings. The number of hydrogen-bond donors (Lipinski definition) is 1. The van der Waals surface area contributed by atoms with Crippen LogP contribution in [0.2, 0.25) is 0 Å². The summed E-state index contributed by atoms with van der Waals surface area (Å²) in [6, 6.07) is 14.5. The van der Waals surface area contributed by atoms with Gasteiger partial charge in [0.15, 0.2) is 0 Å². The van der Waals surface area contributed by atoms with Crippen molar-refractivity contribution in [3.8, 4) is 5.75 Å². The van der Waals surface area contributed by atoms with E-state index in [1.807, 2.05) is 6.07 Å². The highest BCUT2D eigenvalue weighted by molar-refractivity contribution is 5.73. The number of aromatic hydroxyl groups is 1. The minimum absolute atomic E-state index is 0.153. The molecule has 1 unspecified atom stereocenters. The number of hydrogen-bond acceptors (Lipinski definition) is 3. The van der Waals surface area contributed by atoms with Crippen molar-refractivity contribution in [2.24, 2.45) is 0 Å². The normalized spacial score (nSPS) is 15.8. The number of fused-ring (bicyclic) bond motifs is 1. The molecular formula is C18H22N2O. The van der Waals surface area contributed by atoms with Gasteiger partial charge in [-0.15, -0.1) is 0 Å². The monoisotopic (exact) mass is 282 g/mol. The van der Waals surface area contributed by atoms with E-state index in [1.54, 1.807) is 6.07 Å². The lowest BCUT2D eigenvalue weighted by atomic mass is 10.0. The molecule has 0 aliphatic carbocycles. The minimum atomic E-state index is 0.153. The summed E-state index contributed by atoms with van der Waals surface area (Å²) in [5.74, 6) is 0.379. The van der Waals surface area contributed by atoms with Crippen molar-refractivity contribution in [1.82, 2.24) is 0 Å². The second-order valence-electron chi connectivity index (χ2n) is 5.84. The Kier molecular flexibility index (Phi) is 3.50. The molecular weight excluding hydrogens is 260 g/mol. The molecule has 2 aromatic carbocycles. The van der Waals surface area contributed by atoms with E-state index in [1.165, 1.54) is 16.9 Å². The Balaban J connectivity index is 2.01. The van der Waals surface area contributed by atoms with Gasteiger partial charge in [0.1, 0.15) is 5.75 Å². The Hall–Kier alpha value is -2.16. The maximum Gasteiger partial charge on any atom is 0.120 e. The Labute approximate surface area is 126 Å². The number of anilines is 2. The fraction of sp³-hybridized carbons (Fsp3) is 0.333. The van der Waals surface area contributed by atoms with Crippen LogP contribution >= 0.6 is 0 Å². The van der Waals surface area contributed by atoms with Gasteiger partial charge in [0.05, 0.1) is 17.4 Å². The molecule has 2 aromatic rings. The number of likely N-dealkylation sites (N-methyl/N-ethyl adjacent to an activating group) is 1. The lowest BCUT2D eigenvalue weighted by Gasteiger charge is -2.40. The third-order valence-corrected chi connectivity index (χ3v) is 4.38. The molecule has 3 heteroatoms. The van der Waals surface area contributed by atoms with Crippen LogP contribution in [0.4, 0.5) is 11.4 Å². The van der Waals surface area contributed by atoms with Crippen LogP contribution in [0, 0.1) is 6.92 Å². The highest BCUT2D eigenvalue weighted by Gasteiger charge is 2.25. The number of phenols is 1. The van der Waals surface area contributed by atoms with Crippen LogP contribution in [0.3, 0.4) is 0 Å². The molecule has 3 rings (SSSR count). The topological polar surface area (TPSA) is 26.7 Å². The Morgan fingerprint density at radius 2 is 1.76 bits per heavy atom. The first-order valence-corrected chi connectivity index (χ1v) is 7.44. The third kappa shape index (κ3) is 2.44. The third-order valence-electron chi connectivity index (χ3n) is 4.38. The second-order valence-corrected chi connectivity index (χ2v) is 5.84. The Morgan fingerprint density at radius 3 is 2.52 bits per heavy atom. The predicted molar refractivity (Wildman–Crippen MR) is 88.3 cm³/mol. The molecule has 110 valence electrons. The number of benzene rings is 2. The largest absolute Gasteiger partial charge is 0.508 e. The highest BCUT2D eigenvalue weighted by atomic mass is 16.3. The first kappa shape index (κ1) is 13.8. The van der Waals surface area contributed by atoms with Crippen LogP contribution in [0.25, 0.3) is 0 Å². The van der Waals surface area contributed by atoms with Crippen LogP contribution in [0.15, 0.2) is 42.5 Å². The smallest absolute Gasteiger partial charge is 0.120 e. The minimum Gasteiger partial charge on any atom is -0.508 e. The number of nitrogens with zero attached hydrogens (tertiary/aromatic N) is 2. The van der Waals surface area contributed by atoms with Crippen molar-refractivity contribution in [2.75, 3.05) is 29.9 Å². The average Bonchev–Trinajstić information content (AvgIpc) is 2.50. The maximum absolute atomic E-state index is 10.2. The predicted octanol–water partition coefficient (Wildman–Crippen LogP) is 3.72. The fourth-order valence-electron chi connectivity index (χ4n) is 3.11. The molecule has 0 fully saturated rings. The summed E-state index contributed by atoms with van der Waals surface area (Å²) < 4.78 is 0. The molecule has 21 heavy (non-hydrogen) atoms. The summed E-state index contributed by atoms with van der Waals surface area (Å²) in [5.41, 5.74) is 4.66. The summed E-state index contributed by atoms with van der Waals surface area (Å²) in [5, 5.41) is 10.2. The van der Waals surface area contributed by atoms with E-state index < -0.39 is 0 Å². The van der Waals surface area contributed by atoms with Gasteiger partial charge in [0, 0.05) is 25.7 Å². The van der Waals surface area contributed by atoms with E-state index >= 15 is 0 Å². The molecule has 0 saturated carbocycles. The van der Waals surface area contributed by atoms with E-state index in [0.29, 0.717) is 5.75 Å². The van der Waals surface area contributed by atoms with Crippen molar-refractivity contribution in [3.05, 3.63) is 53.6 Å². The molecule has 0 bridgehead atoms. The van der Waals surface area contributed by atoms with Gasteiger partial charge in [-0.3, -0.25) is 0 Å². The molecule has 1 heterocycles. The van der Waals surface area contributed by atoms with Crippen LogP contribution in [-0.4, -0.2) is 25.2 Å². The lowest BCUT2D eigenvalue weighted by molar-refractivity contribution is 0.460. The van der Waals surface area contributed by atoms with Gasteiger partial charge >= 0.3 is 0 Å². The average molecular weight is 282 g/mol. The Morgan fingerprint density at radius 1 is 1.05 bits per heavy atom. The quantitative estimate of drug-likeness (QED) is 0.909. The van der Waals surface area contributed by atoms with Gasteiger partial charge < -0.3 is 14.9 Å². The van der Waals surface area contributed by atoms with Gasteiger partial charge in [-0.2, -0.15) is 0 Å². The van der Waals surface area contributed by atoms with Crippen LogP contribution in [-0.2, 0) is 0 Å². The summed E-state index contributed by atoms with van der Waals surface area (Å²) >= 11 is 0. The van der Waals surface area contributed by atoms with E-state index in [-0.39, 0.29) is 6.04 Å². The zero-order chi connectivity index (χ0) is 15.0. The zero-order valence-corrected chi connectivity index (χ0v) is 12.9. The van der Waals surface area contributed by atoms with Crippen molar-refractivity contribution < 1.29 is 5.11 Å². The standard InChI is InChI=1S/C18H22N2O/c1-13-8-9-18(21)15(12-13)14(2)20-11-10-19(3)16-6-4-5-7-17(16)20/h4-9,12,14,21H,10-11H2,1-3H3. The summed E-state index contributed by atoms with van der Waals surface area (Å²) in [6.45, 7) is 6.18. The number of rotatable bonds is 2. The van der Waals surface area contributed by atoms with E-state index in [0.717, 1.165) is 18.7 Å². The number of para-hydroxylation sites is 2. The molecule has 1 atom stereocenters. The van der Waals surface area contributed by atoms with Crippen molar-refractivity contribution in [3.63, 3.8) is 0 Å². The van der Waals surface area contributed by atoms with Crippen LogP contribution in [0.5, 0.6) is 5.75 Å². The highest BCUT2D eigenvalue weighted by Crippen LogP contribution is 2.39. The maximum atomic E-state index is 10.2. The molecule has 1 aliphatic heterocycles. The molecule has 0 saturated heterocycles. The second kappa shape index (κ2) is 5.32. The molecule has 3 nitrogen and oxygen atoms in total. The molecule has 0 aromatic heterocycles. The van der Waals surface area contributed by atoms with Gasteiger partial charge in [-0.1, -0.05) is 29.8 Å². The van der Waals surface area contributed by atoms with Gasteiger partial charge in [-0.05, 0) is 32.0 Å².